The van der Waals surface area contributed by atoms with E-state index in [-0.39, 0.29) is 17.9 Å². The maximum atomic E-state index is 13.4. The lowest BCUT2D eigenvalue weighted by Crippen LogP contribution is -2.61. The van der Waals surface area contributed by atoms with Crippen LogP contribution in [0.25, 0.3) is 17.0 Å². The van der Waals surface area contributed by atoms with Crippen molar-refractivity contribution in [2.45, 2.75) is 85.5 Å². The van der Waals surface area contributed by atoms with E-state index in [1.165, 1.54) is 5.01 Å². The minimum absolute atomic E-state index is 0.238. The average molecular weight is 564 g/mol. The van der Waals surface area contributed by atoms with Crippen molar-refractivity contribution in [2.75, 3.05) is 6.54 Å². The number of benzene rings is 1. The summed E-state index contributed by atoms with van der Waals surface area (Å²) < 4.78 is 5.80. The van der Waals surface area contributed by atoms with E-state index in [0.29, 0.717) is 25.1 Å². The number of nitrogens with one attached hydrogen (secondary N) is 3. The number of ether oxygens (including phenoxy) is 1. The summed E-state index contributed by atoms with van der Waals surface area (Å²) in [6.45, 7) is 12.7. The number of hydrazine groups is 1. The molecule has 4 rings (SSSR count). The summed E-state index contributed by atoms with van der Waals surface area (Å²) >= 11 is 0. The number of pyridine rings is 1. The van der Waals surface area contributed by atoms with Crippen LogP contribution in [-0.2, 0) is 23.9 Å². The molecule has 3 amide bonds. The Morgan fingerprint density at radius 3 is 2.37 bits per heavy atom. The minimum Gasteiger partial charge on any atom is -0.451 e. The number of amides is 3. The third-order valence-corrected chi connectivity index (χ3v) is 7.51. The van der Waals surface area contributed by atoms with Gasteiger partial charge < -0.3 is 15.4 Å². The normalized spacial score (nSPS) is 26.4. The van der Waals surface area contributed by atoms with Crippen LogP contribution in [-0.4, -0.2) is 58.4 Å². The number of aromatic nitrogens is 1. The van der Waals surface area contributed by atoms with Gasteiger partial charge in [0.1, 0.15) is 12.1 Å². The predicted octanol–water partition coefficient (Wildman–Crippen LogP) is 3.42. The Hall–Kier alpha value is -3.79. The summed E-state index contributed by atoms with van der Waals surface area (Å²) in [5, 5.41) is 8.06. The largest absolute Gasteiger partial charge is 0.451 e. The molecule has 0 radical (unpaired) electrons. The third kappa shape index (κ3) is 6.93. The van der Waals surface area contributed by atoms with Crippen LogP contribution in [0.5, 0.6) is 0 Å². The zero-order chi connectivity index (χ0) is 30.1. The number of rotatable bonds is 0. The highest BCUT2D eigenvalue weighted by Gasteiger charge is 2.40. The van der Waals surface area contributed by atoms with E-state index in [9.17, 15) is 19.2 Å². The van der Waals surface area contributed by atoms with Gasteiger partial charge in [0.05, 0.1) is 22.7 Å². The Morgan fingerprint density at radius 1 is 0.976 bits per heavy atom. The molecule has 41 heavy (non-hydrogen) atoms. The van der Waals surface area contributed by atoms with Gasteiger partial charge in [0.25, 0.3) is 11.8 Å². The molecule has 0 spiro atoms. The lowest BCUT2D eigenvalue weighted by molar-refractivity contribution is -0.169. The van der Waals surface area contributed by atoms with Crippen LogP contribution < -0.4 is 16.1 Å². The molecular weight excluding hydrogens is 522 g/mol. The van der Waals surface area contributed by atoms with E-state index in [0.717, 1.165) is 16.5 Å². The molecular formula is C31H41N5O5. The van der Waals surface area contributed by atoms with Gasteiger partial charge in [-0.05, 0) is 58.2 Å². The van der Waals surface area contributed by atoms with Gasteiger partial charge in [-0.2, -0.15) is 0 Å². The van der Waals surface area contributed by atoms with Crippen molar-refractivity contribution in [3.05, 3.63) is 47.7 Å². The standard InChI is InChI=1S/C31H41N5O5/c1-18-22-13-12-21-11-10-20(17-24(21)34-22)14-15-31(6,7)29(40)41-25(30(3,4)5)27(38)33-19(2)28(39)36-16-8-9-23(35-36)26(37)32-18/h10-15,17-19,23,25,35H,8-9,16H2,1-7H3,(H,32,37)(H,33,38)/t18-,19+,23+,25-/m1/s1. The molecule has 10 nitrogen and oxygen atoms in total. The van der Waals surface area contributed by atoms with Gasteiger partial charge in [0, 0.05) is 17.3 Å². The van der Waals surface area contributed by atoms with Gasteiger partial charge in [-0.3, -0.25) is 29.2 Å². The van der Waals surface area contributed by atoms with E-state index < -0.39 is 40.9 Å². The summed E-state index contributed by atoms with van der Waals surface area (Å²) in [4.78, 5) is 57.9. The second kappa shape index (κ2) is 11.6. The third-order valence-electron chi connectivity index (χ3n) is 7.51. The van der Waals surface area contributed by atoms with Crippen molar-refractivity contribution < 1.29 is 23.9 Å². The molecule has 0 saturated carbocycles. The number of carbonyl (C=O) groups excluding carboxylic acids is 4. The molecule has 0 unspecified atom stereocenters. The highest BCUT2D eigenvalue weighted by Crippen LogP contribution is 2.29. The minimum atomic E-state index is -1.13. The summed E-state index contributed by atoms with van der Waals surface area (Å²) in [5.74, 6) is -1.75. The van der Waals surface area contributed by atoms with Gasteiger partial charge in [0.2, 0.25) is 5.91 Å². The van der Waals surface area contributed by atoms with Crippen LogP contribution in [0, 0.1) is 10.8 Å². The highest BCUT2D eigenvalue weighted by molar-refractivity contribution is 5.92. The number of carbonyl (C=O) groups is 4. The fourth-order valence-corrected chi connectivity index (χ4v) is 4.86. The number of hydrogen-bond donors (Lipinski definition) is 3. The second-order valence-corrected chi connectivity index (χ2v) is 12.7. The van der Waals surface area contributed by atoms with E-state index in [1.807, 2.05) is 43.3 Å². The predicted molar refractivity (Wildman–Crippen MR) is 156 cm³/mol. The number of nitrogens with zero attached hydrogens (tertiary/aromatic N) is 2. The van der Waals surface area contributed by atoms with E-state index in [2.05, 4.69) is 16.1 Å². The molecule has 1 aromatic heterocycles. The van der Waals surface area contributed by atoms with Crippen LogP contribution in [0.15, 0.2) is 36.4 Å². The zero-order valence-corrected chi connectivity index (χ0v) is 24.9. The molecule has 1 saturated heterocycles. The molecule has 5 bridgehead atoms. The Labute approximate surface area is 241 Å². The Kier molecular flexibility index (Phi) is 8.54. The first-order valence-corrected chi connectivity index (χ1v) is 14.1. The van der Waals surface area contributed by atoms with Crippen molar-refractivity contribution in [2.24, 2.45) is 10.8 Å². The zero-order valence-electron chi connectivity index (χ0n) is 24.9. The Morgan fingerprint density at radius 2 is 1.66 bits per heavy atom. The van der Waals surface area contributed by atoms with Crippen molar-refractivity contribution in [3.63, 3.8) is 0 Å². The van der Waals surface area contributed by atoms with E-state index in [1.54, 1.807) is 47.6 Å². The van der Waals surface area contributed by atoms with Crippen molar-refractivity contribution in [3.8, 4) is 0 Å². The molecule has 2 aliphatic heterocycles. The fourth-order valence-electron chi connectivity index (χ4n) is 4.86. The summed E-state index contributed by atoms with van der Waals surface area (Å²) in [7, 11) is 0. The highest BCUT2D eigenvalue weighted by atomic mass is 16.6. The molecule has 2 aromatic rings. The van der Waals surface area contributed by atoms with Gasteiger partial charge in [0.15, 0.2) is 6.10 Å². The Balaban J connectivity index is 1.72. The number of cyclic esters (lactones) is 1. The maximum absolute atomic E-state index is 13.4. The van der Waals surface area contributed by atoms with Gasteiger partial charge >= 0.3 is 5.97 Å². The lowest BCUT2D eigenvalue weighted by Gasteiger charge is -2.36. The molecule has 1 fully saturated rings. The monoisotopic (exact) mass is 563 g/mol. The lowest BCUT2D eigenvalue weighted by atomic mass is 9.87. The van der Waals surface area contributed by atoms with E-state index in [4.69, 9.17) is 9.72 Å². The molecule has 3 heterocycles. The van der Waals surface area contributed by atoms with Crippen LogP contribution >= 0.6 is 0 Å². The molecule has 4 atom stereocenters. The first-order valence-electron chi connectivity index (χ1n) is 14.1. The van der Waals surface area contributed by atoms with Crippen LogP contribution in [0.3, 0.4) is 0 Å². The molecule has 2 aliphatic rings. The number of esters is 1. The van der Waals surface area contributed by atoms with Crippen molar-refractivity contribution in [1.82, 2.24) is 26.1 Å². The second-order valence-electron chi connectivity index (χ2n) is 12.7. The van der Waals surface area contributed by atoms with Gasteiger partial charge in [-0.1, -0.05) is 51.1 Å². The van der Waals surface area contributed by atoms with Crippen molar-refractivity contribution in [1.29, 1.82) is 0 Å². The first kappa shape index (κ1) is 30.2. The first-order chi connectivity index (χ1) is 19.2. The summed E-state index contributed by atoms with van der Waals surface area (Å²) in [6.07, 6.45) is 3.62. The van der Waals surface area contributed by atoms with Crippen LogP contribution in [0.1, 0.15) is 78.6 Å². The maximum Gasteiger partial charge on any atom is 0.316 e. The van der Waals surface area contributed by atoms with E-state index >= 15 is 0 Å². The Bertz CT molecular complexity index is 1380. The van der Waals surface area contributed by atoms with Gasteiger partial charge in [-0.25, -0.2) is 5.43 Å². The molecule has 1 aromatic carbocycles. The average Bonchev–Trinajstić information content (AvgIpc) is 2.92. The topological polar surface area (TPSA) is 130 Å². The van der Waals surface area contributed by atoms with Crippen LogP contribution in [0.2, 0.25) is 0 Å². The molecule has 0 aliphatic carbocycles. The SMILES string of the molecule is C[C@@H]1NC(=O)[C@H](C(C)(C)C)OC(=O)C(C)(C)C=Cc2ccc3ccc(nc3c2)[C@@H](C)NC(=O)[C@@H]2CCCN(N2)C1=O. The molecule has 220 valence electrons. The number of fused-ring (bicyclic) bond motifs is 4. The quantitative estimate of drug-likeness (QED) is 0.419. The smallest absolute Gasteiger partial charge is 0.316 e. The van der Waals surface area contributed by atoms with Gasteiger partial charge in [-0.15, -0.1) is 0 Å². The van der Waals surface area contributed by atoms with Crippen molar-refractivity contribution >= 4 is 40.7 Å². The van der Waals surface area contributed by atoms with Crippen LogP contribution in [0.4, 0.5) is 0 Å². The summed E-state index contributed by atoms with van der Waals surface area (Å²) in [6, 6.07) is 7.76. The molecule has 10 heteroatoms. The molecule has 3 N–H and O–H groups in total. The summed E-state index contributed by atoms with van der Waals surface area (Å²) in [5.41, 5.74) is 3.55. The fraction of sp³-hybridized carbons (Fsp3) is 0.516. The number of hydrogen-bond acceptors (Lipinski definition) is 7.